The van der Waals surface area contributed by atoms with Gasteiger partial charge < -0.3 is 14.8 Å². The number of hydrogen-bond donors (Lipinski definition) is 2. The molecule has 0 fully saturated rings. The van der Waals surface area contributed by atoms with E-state index in [0.717, 1.165) is 17.6 Å². The van der Waals surface area contributed by atoms with Gasteiger partial charge in [0.2, 0.25) is 0 Å². The fourth-order valence-electron chi connectivity index (χ4n) is 2.48. The first-order valence-corrected chi connectivity index (χ1v) is 8.32. The summed E-state index contributed by atoms with van der Waals surface area (Å²) < 4.78 is 77.1. The summed E-state index contributed by atoms with van der Waals surface area (Å²) in [6.07, 6.45) is -1.63. The Kier molecular flexibility index (Phi) is 7.08. The summed E-state index contributed by atoms with van der Waals surface area (Å²) in [5.41, 5.74) is 1.15. The Morgan fingerprint density at radius 2 is 1.90 bits per heavy atom. The van der Waals surface area contributed by atoms with Gasteiger partial charge in [0.15, 0.2) is 5.65 Å². The van der Waals surface area contributed by atoms with E-state index in [1.54, 1.807) is 31.7 Å². The molecule has 2 N–H and O–H groups in total. The maximum atomic E-state index is 12.9. The number of furan rings is 1. The summed E-state index contributed by atoms with van der Waals surface area (Å²) in [5.74, 6) is -2.45. The summed E-state index contributed by atoms with van der Waals surface area (Å²) in [5, 5.41) is 10.3. The lowest BCUT2D eigenvalue weighted by atomic mass is 10.1. The third-order valence-electron chi connectivity index (χ3n) is 3.90. The first-order valence-electron chi connectivity index (χ1n) is 8.32. The lowest BCUT2D eigenvalue weighted by Gasteiger charge is -2.08. The zero-order valence-corrected chi connectivity index (χ0v) is 15.4. The Hall–Kier alpha value is -3.09. The first kappa shape index (κ1) is 23.2. The van der Waals surface area contributed by atoms with Crippen LogP contribution in [-0.4, -0.2) is 38.2 Å². The maximum absolute atomic E-state index is 12.9. The van der Waals surface area contributed by atoms with E-state index in [1.165, 1.54) is 0 Å². The number of nitrogens with zero attached hydrogens (tertiary/aromatic N) is 3. The molecule has 0 unspecified atom stereocenters. The average Bonchev–Trinajstić information content (AvgIpc) is 3.22. The van der Waals surface area contributed by atoms with Crippen molar-refractivity contribution >= 4 is 11.6 Å². The van der Waals surface area contributed by atoms with Crippen molar-refractivity contribution in [2.45, 2.75) is 32.2 Å². The van der Waals surface area contributed by atoms with Crippen LogP contribution in [0.15, 0.2) is 35.5 Å². The van der Waals surface area contributed by atoms with Gasteiger partial charge in [0.05, 0.1) is 23.7 Å². The second-order valence-electron chi connectivity index (χ2n) is 5.97. The second kappa shape index (κ2) is 9.15. The third kappa shape index (κ3) is 5.95. The molecule has 0 aliphatic heterocycles. The number of hydrogen-bond acceptors (Lipinski definition) is 5. The van der Waals surface area contributed by atoms with E-state index < -0.39 is 23.9 Å². The van der Waals surface area contributed by atoms with Crippen LogP contribution in [-0.2, 0) is 23.9 Å². The Morgan fingerprint density at radius 1 is 1.23 bits per heavy atom. The molecule has 13 heteroatoms. The highest BCUT2D eigenvalue weighted by atomic mass is 19.4. The quantitative estimate of drug-likeness (QED) is 0.467. The normalized spacial score (nSPS) is 12.0. The van der Waals surface area contributed by atoms with Gasteiger partial charge >= 0.3 is 18.3 Å². The zero-order valence-electron chi connectivity index (χ0n) is 15.4. The van der Waals surface area contributed by atoms with E-state index in [1.807, 2.05) is 4.40 Å². The lowest BCUT2D eigenvalue weighted by Crippen LogP contribution is -2.21. The number of nitrogens with one attached hydrogen (secondary N) is 1. The van der Waals surface area contributed by atoms with Crippen molar-refractivity contribution in [3.63, 3.8) is 0 Å². The van der Waals surface area contributed by atoms with Crippen LogP contribution in [0.3, 0.4) is 0 Å². The topological polar surface area (TPSA) is 92.7 Å². The average molecular weight is 438 g/mol. The predicted octanol–water partition coefficient (Wildman–Crippen LogP) is 3.62. The summed E-state index contributed by atoms with van der Waals surface area (Å²) in [6, 6.07) is 0. The van der Waals surface area contributed by atoms with E-state index in [9.17, 15) is 26.3 Å². The number of aromatic nitrogens is 3. The molecule has 0 aromatic carbocycles. The third-order valence-corrected chi connectivity index (χ3v) is 3.90. The van der Waals surface area contributed by atoms with E-state index in [-0.39, 0.29) is 12.0 Å². The van der Waals surface area contributed by atoms with E-state index in [0.29, 0.717) is 18.8 Å². The Morgan fingerprint density at radius 3 is 2.50 bits per heavy atom. The number of carboxylic acid groups (broad SMARTS) is 1. The fraction of sp³-hybridized carbons (Fsp3) is 0.353. The summed E-state index contributed by atoms with van der Waals surface area (Å²) in [6.45, 7) is 2.45. The van der Waals surface area contributed by atoms with Gasteiger partial charge in [-0.05, 0) is 19.9 Å². The fourth-order valence-corrected chi connectivity index (χ4v) is 2.48. The largest absolute Gasteiger partial charge is 0.490 e. The van der Waals surface area contributed by atoms with Gasteiger partial charge in [-0.2, -0.15) is 26.3 Å². The molecule has 0 aliphatic rings. The van der Waals surface area contributed by atoms with Crippen molar-refractivity contribution in [2.24, 2.45) is 0 Å². The van der Waals surface area contributed by atoms with Gasteiger partial charge in [-0.3, -0.25) is 9.38 Å². The second-order valence-corrected chi connectivity index (χ2v) is 5.97. The summed E-state index contributed by atoms with van der Waals surface area (Å²) in [4.78, 5) is 17.1. The van der Waals surface area contributed by atoms with Crippen LogP contribution in [0.4, 0.5) is 26.3 Å². The molecule has 0 atom stereocenters. The molecule has 0 amide bonds. The van der Waals surface area contributed by atoms with Crippen LogP contribution >= 0.6 is 0 Å². The summed E-state index contributed by atoms with van der Waals surface area (Å²) >= 11 is 0. The van der Waals surface area contributed by atoms with Crippen LogP contribution in [0.5, 0.6) is 0 Å². The monoisotopic (exact) mass is 438 g/mol. The number of rotatable bonds is 5. The molecular formula is C17H16F6N4O3. The molecular weight excluding hydrogens is 422 g/mol. The first-order chi connectivity index (χ1) is 13.9. The van der Waals surface area contributed by atoms with Crippen molar-refractivity contribution in [1.29, 1.82) is 0 Å². The Bertz CT molecular complexity index is 993. The molecule has 7 nitrogen and oxygen atoms in total. The number of halogens is 6. The van der Waals surface area contributed by atoms with Gasteiger partial charge in [-0.1, -0.05) is 0 Å². The minimum atomic E-state index is -5.08. The molecule has 3 aromatic rings. The van der Waals surface area contributed by atoms with Crippen molar-refractivity contribution in [2.75, 3.05) is 6.54 Å². The molecule has 3 heterocycles. The van der Waals surface area contributed by atoms with Crippen molar-refractivity contribution in [3.05, 3.63) is 53.6 Å². The molecule has 3 aromatic heterocycles. The molecule has 0 saturated carbocycles. The van der Waals surface area contributed by atoms with Gasteiger partial charge in [-0.15, -0.1) is 0 Å². The number of alkyl halides is 6. The minimum absolute atomic E-state index is 0.201. The van der Waals surface area contributed by atoms with Crippen molar-refractivity contribution < 1.29 is 40.7 Å². The van der Waals surface area contributed by atoms with Gasteiger partial charge in [0.25, 0.3) is 0 Å². The number of aliphatic carboxylic acids is 1. The van der Waals surface area contributed by atoms with Crippen LogP contribution in [0.2, 0.25) is 0 Å². The number of aryl methyl sites for hydroxylation is 1. The number of fused-ring (bicyclic) bond motifs is 1. The van der Waals surface area contributed by atoms with Crippen molar-refractivity contribution in [1.82, 2.24) is 19.7 Å². The molecule has 164 valence electrons. The molecule has 0 saturated heterocycles. The maximum Gasteiger partial charge on any atom is 0.490 e. The highest BCUT2D eigenvalue weighted by molar-refractivity contribution is 5.73. The number of imidazole rings is 1. The molecule has 0 aliphatic carbocycles. The predicted molar refractivity (Wildman–Crippen MR) is 90.5 cm³/mol. The van der Waals surface area contributed by atoms with Crippen LogP contribution in [0.25, 0.3) is 5.65 Å². The molecule has 3 rings (SSSR count). The molecule has 0 radical (unpaired) electrons. The van der Waals surface area contributed by atoms with Crippen LogP contribution in [0.1, 0.15) is 22.6 Å². The Labute approximate surface area is 165 Å². The highest BCUT2D eigenvalue weighted by Gasteiger charge is 2.38. The molecule has 0 spiro atoms. The standard InChI is InChI=1S/C15H15F3N4O.C2HF3O2/c1-10-12(13(9-23-10)15(16,17)18)2-3-19-6-11-7-21-14-8-20-4-5-22(11)14;3-2(4,5)1(6)7/h4-5,7-9,19H,2-3,6H2,1H3;(H,6,7). The van der Waals surface area contributed by atoms with Crippen LogP contribution in [0, 0.1) is 6.92 Å². The number of carboxylic acids is 1. The van der Waals surface area contributed by atoms with Gasteiger partial charge in [-0.25, -0.2) is 9.78 Å². The van der Waals surface area contributed by atoms with E-state index in [4.69, 9.17) is 14.3 Å². The van der Waals surface area contributed by atoms with Gasteiger partial charge in [0.1, 0.15) is 12.0 Å². The molecule has 0 bridgehead atoms. The lowest BCUT2D eigenvalue weighted by molar-refractivity contribution is -0.192. The smallest absolute Gasteiger partial charge is 0.475 e. The summed E-state index contributed by atoms with van der Waals surface area (Å²) in [7, 11) is 0. The highest BCUT2D eigenvalue weighted by Crippen LogP contribution is 2.34. The van der Waals surface area contributed by atoms with Crippen molar-refractivity contribution in [3.8, 4) is 0 Å². The van der Waals surface area contributed by atoms with Gasteiger partial charge in [0, 0.05) is 24.5 Å². The Balaban J connectivity index is 0.000000396. The van der Waals surface area contributed by atoms with E-state index in [2.05, 4.69) is 15.3 Å². The van der Waals surface area contributed by atoms with Crippen LogP contribution < -0.4 is 5.32 Å². The van der Waals surface area contributed by atoms with E-state index >= 15 is 0 Å². The molecule has 30 heavy (non-hydrogen) atoms. The minimum Gasteiger partial charge on any atom is -0.475 e. The zero-order chi connectivity index (χ0) is 22.5. The number of carbonyl (C=O) groups is 1. The SMILES string of the molecule is Cc1occ(C(F)(F)F)c1CCNCc1cnc2cnccn12.O=C(O)C(F)(F)F.